The summed E-state index contributed by atoms with van der Waals surface area (Å²) in [5.74, 6) is -1.14. The van der Waals surface area contributed by atoms with Gasteiger partial charge in [0.25, 0.3) is 0 Å². The minimum Gasteiger partial charge on any atom is -0.480 e. The molecule has 0 saturated heterocycles. The summed E-state index contributed by atoms with van der Waals surface area (Å²) in [4.78, 5) is 35.2. The number of carboxylic acids is 1. The van der Waals surface area contributed by atoms with Crippen molar-refractivity contribution in [2.24, 2.45) is 5.92 Å². The highest BCUT2D eigenvalue weighted by Crippen LogP contribution is 2.44. The van der Waals surface area contributed by atoms with Crippen LogP contribution in [-0.2, 0) is 20.9 Å². The Balaban J connectivity index is 1.18. The molecule has 1 aliphatic carbocycles. The zero-order chi connectivity index (χ0) is 24.8. The van der Waals surface area contributed by atoms with Gasteiger partial charge >= 0.3 is 12.1 Å². The van der Waals surface area contributed by atoms with Crippen LogP contribution in [0.5, 0.6) is 0 Å². The summed E-state index contributed by atoms with van der Waals surface area (Å²) in [6, 6.07) is 16.4. The fraction of sp³-hybridized carbons (Fsp3) is 0.308. The molecule has 0 bridgehead atoms. The molecule has 0 radical (unpaired) electrons. The molecule has 0 saturated carbocycles. The number of anilines is 1. The summed E-state index contributed by atoms with van der Waals surface area (Å²) in [5.41, 5.74) is 5.13. The topological polar surface area (TPSA) is 123 Å². The zero-order valence-corrected chi connectivity index (χ0v) is 19.4. The summed E-state index contributed by atoms with van der Waals surface area (Å²) in [6.45, 7) is 2.32. The first-order valence-electron chi connectivity index (χ1n) is 11.5. The maximum Gasteiger partial charge on any atom is 0.407 e. The lowest BCUT2D eigenvalue weighted by Gasteiger charge is -2.16. The van der Waals surface area contributed by atoms with Gasteiger partial charge < -0.3 is 20.5 Å². The van der Waals surface area contributed by atoms with Crippen molar-refractivity contribution in [3.8, 4) is 11.1 Å². The number of amides is 2. The molecule has 3 N–H and O–H groups in total. The van der Waals surface area contributed by atoms with Gasteiger partial charge in [-0.15, -0.1) is 0 Å². The van der Waals surface area contributed by atoms with Gasteiger partial charge in [0.1, 0.15) is 13.2 Å². The van der Waals surface area contributed by atoms with Crippen molar-refractivity contribution in [2.45, 2.75) is 32.2 Å². The van der Waals surface area contributed by atoms with Crippen LogP contribution in [0.1, 0.15) is 36.8 Å². The van der Waals surface area contributed by atoms with Crippen LogP contribution in [0, 0.1) is 5.92 Å². The summed E-state index contributed by atoms with van der Waals surface area (Å²) < 4.78 is 6.78. The molecule has 0 fully saturated rings. The second-order valence-electron chi connectivity index (χ2n) is 8.72. The maximum atomic E-state index is 12.3. The number of ether oxygens (including phenoxy) is 1. The normalized spacial score (nSPS) is 12.9. The van der Waals surface area contributed by atoms with E-state index >= 15 is 0 Å². The lowest BCUT2D eigenvalue weighted by Crippen LogP contribution is -2.30. The molecule has 4 rings (SSSR count). The molecule has 0 aliphatic heterocycles. The van der Waals surface area contributed by atoms with E-state index in [-0.39, 0.29) is 37.3 Å². The van der Waals surface area contributed by atoms with E-state index in [9.17, 15) is 14.4 Å². The van der Waals surface area contributed by atoms with Crippen LogP contribution >= 0.6 is 0 Å². The van der Waals surface area contributed by atoms with Gasteiger partial charge in [-0.2, -0.15) is 5.10 Å². The molecular weight excluding hydrogens is 448 g/mol. The smallest absolute Gasteiger partial charge is 0.407 e. The Morgan fingerprint density at radius 2 is 1.74 bits per heavy atom. The molecule has 182 valence electrons. The Hall–Kier alpha value is -4.14. The largest absolute Gasteiger partial charge is 0.480 e. The molecule has 1 aliphatic rings. The zero-order valence-electron chi connectivity index (χ0n) is 19.4. The second kappa shape index (κ2) is 10.9. The molecule has 1 unspecified atom stereocenters. The standard InChI is InChI=1S/C26H28N4O5/c1-17(10-11-24(31)29-18-13-28-30(14-18)15-25(32)33)12-27-26(34)35-16-23-21-8-4-2-6-19(21)20-7-3-5-9-22(20)23/h2-9,13-14,17,23H,10-12,15-16H2,1H3,(H,27,34)(H,29,31)(H,32,33). The average molecular weight is 477 g/mol. The van der Waals surface area contributed by atoms with Gasteiger partial charge in [-0.1, -0.05) is 55.5 Å². The fourth-order valence-electron chi connectivity index (χ4n) is 4.26. The molecule has 35 heavy (non-hydrogen) atoms. The van der Waals surface area contributed by atoms with E-state index in [1.54, 1.807) is 0 Å². The van der Waals surface area contributed by atoms with Crippen LogP contribution in [0.4, 0.5) is 10.5 Å². The first-order chi connectivity index (χ1) is 16.9. The van der Waals surface area contributed by atoms with Gasteiger partial charge in [0, 0.05) is 25.1 Å². The van der Waals surface area contributed by atoms with Gasteiger partial charge in [-0.25, -0.2) is 4.79 Å². The molecule has 2 aromatic carbocycles. The third-order valence-electron chi connectivity index (χ3n) is 6.02. The maximum absolute atomic E-state index is 12.3. The SMILES string of the molecule is CC(CCC(=O)Nc1cnn(CC(=O)O)c1)CNC(=O)OCC1c2ccccc2-c2ccccc21. The van der Waals surface area contributed by atoms with Gasteiger partial charge in [-0.05, 0) is 34.6 Å². The number of carbonyl (C=O) groups is 3. The lowest BCUT2D eigenvalue weighted by atomic mass is 9.98. The molecule has 1 aromatic heterocycles. The fourth-order valence-corrected chi connectivity index (χ4v) is 4.26. The molecule has 9 heteroatoms. The van der Waals surface area contributed by atoms with Crippen LogP contribution in [0.25, 0.3) is 11.1 Å². The summed E-state index contributed by atoms with van der Waals surface area (Å²) in [6.07, 6.45) is 3.22. The third kappa shape index (κ3) is 6.06. The first kappa shape index (κ1) is 24.0. The molecule has 1 heterocycles. The van der Waals surface area contributed by atoms with Gasteiger partial charge in [-0.3, -0.25) is 14.3 Å². The molecule has 3 aromatic rings. The number of carbonyl (C=O) groups excluding carboxylic acids is 2. The number of nitrogens with zero attached hydrogens (tertiary/aromatic N) is 2. The average Bonchev–Trinajstić information content (AvgIpc) is 3.41. The molecule has 1 atom stereocenters. The number of benzene rings is 2. The van der Waals surface area contributed by atoms with Gasteiger partial charge in [0.15, 0.2) is 0 Å². The summed E-state index contributed by atoms with van der Waals surface area (Å²) in [5, 5.41) is 18.1. The third-order valence-corrected chi connectivity index (χ3v) is 6.02. The van der Waals surface area contributed by atoms with E-state index in [1.807, 2.05) is 31.2 Å². The molecule has 0 spiro atoms. The highest BCUT2D eigenvalue weighted by Gasteiger charge is 2.29. The second-order valence-corrected chi connectivity index (χ2v) is 8.72. The Morgan fingerprint density at radius 3 is 2.40 bits per heavy atom. The Morgan fingerprint density at radius 1 is 1.09 bits per heavy atom. The highest BCUT2D eigenvalue weighted by molar-refractivity contribution is 5.90. The Labute approximate surface area is 203 Å². The number of aromatic nitrogens is 2. The van der Waals surface area contributed by atoms with Crippen LogP contribution in [0.3, 0.4) is 0 Å². The van der Waals surface area contributed by atoms with E-state index in [0.29, 0.717) is 18.7 Å². The van der Waals surface area contributed by atoms with Crippen molar-refractivity contribution in [3.05, 3.63) is 72.1 Å². The number of aliphatic carboxylic acids is 1. The summed E-state index contributed by atoms with van der Waals surface area (Å²) >= 11 is 0. The van der Waals surface area contributed by atoms with Crippen molar-refractivity contribution >= 4 is 23.7 Å². The van der Waals surface area contributed by atoms with Crippen molar-refractivity contribution in [2.75, 3.05) is 18.5 Å². The minimum absolute atomic E-state index is 0.00845. The molecule has 9 nitrogen and oxygen atoms in total. The minimum atomic E-state index is -1.01. The lowest BCUT2D eigenvalue weighted by molar-refractivity contribution is -0.137. The number of nitrogens with one attached hydrogen (secondary N) is 2. The van der Waals surface area contributed by atoms with E-state index in [2.05, 4.69) is 40.0 Å². The monoisotopic (exact) mass is 476 g/mol. The van der Waals surface area contributed by atoms with Crippen molar-refractivity contribution < 1.29 is 24.2 Å². The molecule has 2 amide bonds. The highest BCUT2D eigenvalue weighted by atomic mass is 16.5. The van der Waals surface area contributed by atoms with Crippen LogP contribution < -0.4 is 10.6 Å². The predicted octanol–water partition coefficient (Wildman–Crippen LogP) is 3.86. The van der Waals surface area contributed by atoms with E-state index < -0.39 is 12.1 Å². The number of rotatable bonds is 10. The van der Waals surface area contributed by atoms with E-state index in [4.69, 9.17) is 9.84 Å². The van der Waals surface area contributed by atoms with E-state index in [0.717, 1.165) is 11.1 Å². The van der Waals surface area contributed by atoms with Crippen molar-refractivity contribution in [3.63, 3.8) is 0 Å². The van der Waals surface area contributed by atoms with Crippen molar-refractivity contribution in [1.82, 2.24) is 15.1 Å². The van der Waals surface area contributed by atoms with Crippen LogP contribution in [0.2, 0.25) is 0 Å². The van der Waals surface area contributed by atoms with Crippen LogP contribution in [-0.4, -0.2) is 46.0 Å². The van der Waals surface area contributed by atoms with Crippen molar-refractivity contribution in [1.29, 1.82) is 0 Å². The van der Waals surface area contributed by atoms with Crippen LogP contribution in [0.15, 0.2) is 60.9 Å². The quantitative estimate of drug-likeness (QED) is 0.408. The first-order valence-corrected chi connectivity index (χ1v) is 11.5. The number of alkyl carbamates (subject to hydrolysis) is 1. The number of carboxylic acid groups (broad SMARTS) is 1. The Bertz CT molecular complexity index is 1180. The predicted molar refractivity (Wildman–Crippen MR) is 130 cm³/mol. The number of hydrogen-bond acceptors (Lipinski definition) is 5. The Kier molecular flexibility index (Phi) is 7.45. The summed E-state index contributed by atoms with van der Waals surface area (Å²) in [7, 11) is 0. The van der Waals surface area contributed by atoms with Gasteiger partial charge in [0.05, 0.1) is 11.9 Å². The number of fused-ring (bicyclic) bond motifs is 3. The van der Waals surface area contributed by atoms with E-state index in [1.165, 1.54) is 28.2 Å². The number of hydrogen-bond donors (Lipinski definition) is 3. The van der Waals surface area contributed by atoms with Gasteiger partial charge in [0.2, 0.25) is 5.91 Å². The molecular formula is C26H28N4O5.